The van der Waals surface area contributed by atoms with Crippen LogP contribution in [0.5, 0.6) is 0 Å². The Morgan fingerprint density at radius 1 is 1.35 bits per heavy atom. The summed E-state index contributed by atoms with van der Waals surface area (Å²) in [6.45, 7) is 4.50. The fourth-order valence-corrected chi connectivity index (χ4v) is 3.23. The molecule has 0 spiro atoms. The van der Waals surface area contributed by atoms with Gasteiger partial charge in [0, 0.05) is 35.8 Å². The molecule has 0 bridgehead atoms. The molecule has 20 heavy (non-hydrogen) atoms. The SMILES string of the molecule is CC1(C)CC(=O)CCN1C(=O)CCc1ccccc1Br. The van der Waals surface area contributed by atoms with Crippen LogP contribution in [0, 0.1) is 0 Å². The summed E-state index contributed by atoms with van der Waals surface area (Å²) >= 11 is 3.50. The lowest BCUT2D eigenvalue weighted by molar-refractivity contribution is -0.142. The summed E-state index contributed by atoms with van der Waals surface area (Å²) in [5, 5.41) is 0. The molecule has 0 atom stereocenters. The van der Waals surface area contributed by atoms with Crippen LogP contribution >= 0.6 is 15.9 Å². The number of Topliss-reactive ketones (excluding diaryl/α,β-unsaturated/α-hetero) is 1. The first-order chi connectivity index (χ1) is 9.40. The Morgan fingerprint density at radius 2 is 2.05 bits per heavy atom. The van der Waals surface area contributed by atoms with Gasteiger partial charge >= 0.3 is 0 Å². The van der Waals surface area contributed by atoms with Gasteiger partial charge in [-0.15, -0.1) is 0 Å². The van der Waals surface area contributed by atoms with Crippen LogP contribution in [0.4, 0.5) is 0 Å². The summed E-state index contributed by atoms with van der Waals surface area (Å²) in [5.41, 5.74) is 0.798. The number of benzene rings is 1. The van der Waals surface area contributed by atoms with Crippen molar-refractivity contribution in [2.24, 2.45) is 0 Å². The van der Waals surface area contributed by atoms with Crippen LogP contribution in [0.2, 0.25) is 0 Å². The van der Waals surface area contributed by atoms with Crippen molar-refractivity contribution in [3.8, 4) is 0 Å². The number of rotatable bonds is 3. The van der Waals surface area contributed by atoms with Crippen molar-refractivity contribution in [3.05, 3.63) is 34.3 Å². The van der Waals surface area contributed by atoms with Gasteiger partial charge < -0.3 is 4.90 Å². The molecule has 0 N–H and O–H groups in total. The molecular formula is C16H20BrNO2. The van der Waals surface area contributed by atoms with Gasteiger partial charge in [0.15, 0.2) is 0 Å². The third-order valence-electron chi connectivity index (χ3n) is 3.84. The Morgan fingerprint density at radius 3 is 2.70 bits per heavy atom. The summed E-state index contributed by atoms with van der Waals surface area (Å²) in [7, 11) is 0. The van der Waals surface area contributed by atoms with Crippen molar-refractivity contribution in [1.82, 2.24) is 4.90 Å². The zero-order valence-electron chi connectivity index (χ0n) is 12.0. The van der Waals surface area contributed by atoms with Crippen LogP contribution < -0.4 is 0 Å². The molecule has 0 unspecified atom stereocenters. The third-order valence-corrected chi connectivity index (χ3v) is 4.62. The van der Waals surface area contributed by atoms with Gasteiger partial charge in [-0.3, -0.25) is 9.59 Å². The molecule has 2 rings (SSSR count). The zero-order valence-corrected chi connectivity index (χ0v) is 13.6. The predicted octanol–water partition coefficient (Wildman–Crippen LogP) is 3.35. The largest absolute Gasteiger partial charge is 0.337 e. The molecule has 0 radical (unpaired) electrons. The molecule has 1 amide bonds. The molecule has 1 saturated heterocycles. The maximum Gasteiger partial charge on any atom is 0.223 e. The van der Waals surface area contributed by atoms with Gasteiger partial charge in [0.2, 0.25) is 5.91 Å². The van der Waals surface area contributed by atoms with E-state index in [1.165, 1.54) is 0 Å². The maximum atomic E-state index is 12.4. The lowest BCUT2D eigenvalue weighted by Gasteiger charge is -2.41. The van der Waals surface area contributed by atoms with E-state index in [4.69, 9.17) is 0 Å². The minimum Gasteiger partial charge on any atom is -0.337 e. The van der Waals surface area contributed by atoms with Crippen molar-refractivity contribution in [2.45, 2.75) is 45.1 Å². The Hall–Kier alpha value is -1.16. The van der Waals surface area contributed by atoms with Crippen LogP contribution in [-0.4, -0.2) is 28.7 Å². The Balaban J connectivity index is 1.98. The summed E-state index contributed by atoms with van der Waals surface area (Å²) in [6.07, 6.45) is 2.17. The average molecular weight is 338 g/mol. The van der Waals surface area contributed by atoms with Gasteiger partial charge in [-0.2, -0.15) is 0 Å². The highest BCUT2D eigenvalue weighted by atomic mass is 79.9. The fourth-order valence-electron chi connectivity index (χ4n) is 2.75. The van der Waals surface area contributed by atoms with Crippen LogP contribution in [0.3, 0.4) is 0 Å². The third kappa shape index (κ3) is 3.48. The molecule has 0 aliphatic carbocycles. The second kappa shape index (κ2) is 6.08. The Bertz CT molecular complexity index is 525. The topological polar surface area (TPSA) is 37.4 Å². The van der Waals surface area contributed by atoms with E-state index in [-0.39, 0.29) is 17.2 Å². The van der Waals surface area contributed by atoms with E-state index in [1.807, 2.05) is 43.0 Å². The van der Waals surface area contributed by atoms with Gasteiger partial charge in [0.05, 0.1) is 0 Å². The number of carbonyl (C=O) groups excluding carboxylic acids is 2. The number of halogens is 1. The summed E-state index contributed by atoms with van der Waals surface area (Å²) in [6, 6.07) is 7.97. The Kier molecular flexibility index (Phi) is 4.63. The number of hydrogen-bond acceptors (Lipinski definition) is 2. The number of piperidine rings is 1. The van der Waals surface area contributed by atoms with Gasteiger partial charge in [0.25, 0.3) is 0 Å². The van der Waals surface area contributed by atoms with E-state index in [0.717, 1.165) is 16.5 Å². The number of carbonyl (C=O) groups is 2. The molecule has 1 aromatic rings. The van der Waals surface area contributed by atoms with Crippen LogP contribution in [-0.2, 0) is 16.0 Å². The number of likely N-dealkylation sites (tertiary alicyclic amines) is 1. The number of amides is 1. The molecule has 1 aromatic carbocycles. The highest BCUT2D eigenvalue weighted by molar-refractivity contribution is 9.10. The molecule has 4 heteroatoms. The van der Waals surface area contributed by atoms with Crippen LogP contribution in [0.1, 0.15) is 38.7 Å². The molecule has 3 nitrogen and oxygen atoms in total. The van der Waals surface area contributed by atoms with E-state index in [0.29, 0.717) is 25.8 Å². The summed E-state index contributed by atoms with van der Waals surface area (Å²) in [5.74, 6) is 0.392. The lowest BCUT2D eigenvalue weighted by atomic mass is 9.89. The second-order valence-electron chi connectivity index (χ2n) is 5.91. The van der Waals surface area contributed by atoms with E-state index in [2.05, 4.69) is 15.9 Å². The maximum absolute atomic E-state index is 12.4. The minimum absolute atomic E-state index is 0.137. The minimum atomic E-state index is -0.347. The van der Waals surface area contributed by atoms with E-state index < -0.39 is 0 Å². The monoisotopic (exact) mass is 337 g/mol. The van der Waals surface area contributed by atoms with E-state index in [9.17, 15) is 9.59 Å². The normalized spacial score (nSPS) is 18.1. The smallest absolute Gasteiger partial charge is 0.223 e. The number of aryl methyl sites for hydroxylation is 1. The molecule has 1 heterocycles. The van der Waals surface area contributed by atoms with Gasteiger partial charge in [-0.25, -0.2) is 0 Å². The van der Waals surface area contributed by atoms with Crippen molar-refractivity contribution in [2.75, 3.05) is 6.54 Å². The van der Waals surface area contributed by atoms with E-state index in [1.54, 1.807) is 0 Å². The lowest BCUT2D eigenvalue weighted by Crippen LogP contribution is -2.53. The van der Waals surface area contributed by atoms with Gasteiger partial charge in [0.1, 0.15) is 5.78 Å². The number of nitrogens with zero attached hydrogens (tertiary/aromatic N) is 1. The second-order valence-corrected chi connectivity index (χ2v) is 6.77. The summed E-state index contributed by atoms with van der Waals surface area (Å²) < 4.78 is 1.04. The standard InChI is InChI=1S/C16H20BrNO2/c1-16(2)11-13(19)9-10-18(16)15(20)8-7-12-5-3-4-6-14(12)17/h3-6H,7-11H2,1-2H3. The fraction of sp³-hybridized carbons (Fsp3) is 0.500. The molecular weight excluding hydrogens is 318 g/mol. The van der Waals surface area contributed by atoms with Crippen LogP contribution in [0.25, 0.3) is 0 Å². The van der Waals surface area contributed by atoms with Crippen molar-refractivity contribution >= 4 is 27.6 Å². The number of hydrogen-bond donors (Lipinski definition) is 0. The van der Waals surface area contributed by atoms with E-state index >= 15 is 0 Å². The Labute approximate surface area is 128 Å². The first-order valence-electron chi connectivity index (χ1n) is 6.96. The molecule has 108 valence electrons. The summed E-state index contributed by atoms with van der Waals surface area (Å²) in [4.78, 5) is 25.8. The van der Waals surface area contributed by atoms with Crippen molar-refractivity contribution in [3.63, 3.8) is 0 Å². The first kappa shape index (κ1) is 15.2. The zero-order chi connectivity index (χ0) is 14.8. The van der Waals surface area contributed by atoms with Gasteiger partial charge in [-0.1, -0.05) is 34.1 Å². The van der Waals surface area contributed by atoms with Crippen LogP contribution in [0.15, 0.2) is 28.7 Å². The molecule has 1 aliphatic heterocycles. The van der Waals surface area contributed by atoms with Crippen molar-refractivity contribution < 1.29 is 9.59 Å². The van der Waals surface area contributed by atoms with Gasteiger partial charge in [-0.05, 0) is 31.9 Å². The quantitative estimate of drug-likeness (QED) is 0.848. The highest BCUT2D eigenvalue weighted by Crippen LogP contribution is 2.26. The average Bonchev–Trinajstić information content (AvgIpc) is 2.36. The molecule has 1 fully saturated rings. The first-order valence-corrected chi connectivity index (χ1v) is 7.75. The predicted molar refractivity (Wildman–Crippen MR) is 82.5 cm³/mol. The van der Waals surface area contributed by atoms with Crippen molar-refractivity contribution in [1.29, 1.82) is 0 Å². The highest BCUT2D eigenvalue weighted by Gasteiger charge is 2.36. The number of ketones is 1. The molecule has 1 aliphatic rings. The molecule has 0 aromatic heterocycles. The molecule has 0 saturated carbocycles.